The van der Waals surface area contributed by atoms with Gasteiger partial charge in [-0.25, -0.2) is 4.39 Å². The molecule has 1 aromatic carbocycles. The van der Waals surface area contributed by atoms with Crippen LogP contribution >= 0.6 is 0 Å². The summed E-state index contributed by atoms with van der Waals surface area (Å²) in [6.45, 7) is 0. The summed E-state index contributed by atoms with van der Waals surface area (Å²) in [7, 11) is 3.70. The van der Waals surface area contributed by atoms with E-state index in [1.807, 2.05) is 14.1 Å². The Morgan fingerprint density at radius 2 is 1.93 bits per heavy atom. The molecule has 0 aliphatic carbocycles. The minimum atomic E-state index is -0.282. The molecule has 0 saturated heterocycles. The third kappa shape index (κ3) is 4.40. The molecule has 0 radical (unpaired) electrons. The third-order valence-corrected chi connectivity index (χ3v) is 1.85. The van der Waals surface area contributed by atoms with Crippen molar-refractivity contribution in [1.82, 2.24) is 4.90 Å². The van der Waals surface area contributed by atoms with Crippen LogP contribution in [-0.4, -0.2) is 24.8 Å². The van der Waals surface area contributed by atoms with Gasteiger partial charge in [0.05, 0.1) is 0 Å². The van der Waals surface area contributed by atoms with Crippen LogP contribution in [0.15, 0.2) is 36.5 Å². The predicted octanol–water partition coefficient (Wildman–Crippen LogP) is 2.01. The standard InChI is InChI=1S/C12H14FNO/c1-14(2)8-7-12(15)9-10-3-5-11(13)6-4-10/h3-8H,9H2,1-2H3/b8-7+. The van der Waals surface area contributed by atoms with Gasteiger partial charge in [0, 0.05) is 26.7 Å². The fourth-order valence-corrected chi connectivity index (χ4v) is 1.09. The molecular weight excluding hydrogens is 193 g/mol. The first-order chi connectivity index (χ1) is 7.08. The zero-order valence-electron chi connectivity index (χ0n) is 8.90. The second-order valence-corrected chi connectivity index (χ2v) is 3.55. The van der Waals surface area contributed by atoms with Gasteiger partial charge in [0.15, 0.2) is 5.78 Å². The molecule has 1 aromatic rings. The topological polar surface area (TPSA) is 20.3 Å². The van der Waals surface area contributed by atoms with E-state index in [0.717, 1.165) is 5.56 Å². The quantitative estimate of drug-likeness (QED) is 0.704. The summed E-state index contributed by atoms with van der Waals surface area (Å²) in [5.41, 5.74) is 0.824. The molecule has 0 heterocycles. The molecule has 1 rings (SSSR count). The Hall–Kier alpha value is -1.64. The molecule has 0 spiro atoms. The molecule has 0 atom stereocenters. The van der Waals surface area contributed by atoms with Gasteiger partial charge >= 0.3 is 0 Å². The smallest absolute Gasteiger partial charge is 0.161 e. The Morgan fingerprint density at radius 1 is 1.33 bits per heavy atom. The van der Waals surface area contributed by atoms with Gasteiger partial charge in [-0.1, -0.05) is 12.1 Å². The summed E-state index contributed by atoms with van der Waals surface area (Å²) < 4.78 is 12.6. The molecule has 0 aliphatic rings. The molecule has 0 fully saturated rings. The summed E-state index contributed by atoms with van der Waals surface area (Å²) in [6, 6.07) is 5.96. The Balaban J connectivity index is 2.55. The van der Waals surface area contributed by atoms with E-state index in [4.69, 9.17) is 0 Å². The van der Waals surface area contributed by atoms with Crippen molar-refractivity contribution in [2.75, 3.05) is 14.1 Å². The number of hydrogen-bond donors (Lipinski definition) is 0. The molecule has 0 saturated carbocycles. The summed E-state index contributed by atoms with van der Waals surface area (Å²) in [4.78, 5) is 13.2. The second kappa shape index (κ2) is 5.29. The lowest BCUT2D eigenvalue weighted by atomic mass is 10.1. The van der Waals surface area contributed by atoms with Crippen LogP contribution in [0.5, 0.6) is 0 Å². The summed E-state index contributed by atoms with van der Waals surface area (Å²) >= 11 is 0. The number of halogens is 1. The van der Waals surface area contributed by atoms with E-state index in [1.54, 1.807) is 23.2 Å². The van der Waals surface area contributed by atoms with E-state index in [1.165, 1.54) is 18.2 Å². The summed E-state index contributed by atoms with van der Waals surface area (Å²) in [5, 5.41) is 0. The van der Waals surface area contributed by atoms with Crippen molar-refractivity contribution < 1.29 is 9.18 Å². The Labute approximate surface area is 89.0 Å². The van der Waals surface area contributed by atoms with Crippen LogP contribution < -0.4 is 0 Å². The number of benzene rings is 1. The SMILES string of the molecule is CN(C)/C=C/C(=O)Cc1ccc(F)cc1. The third-order valence-electron chi connectivity index (χ3n) is 1.85. The highest BCUT2D eigenvalue weighted by atomic mass is 19.1. The average Bonchev–Trinajstić information content (AvgIpc) is 2.19. The normalized spacial score (nSPS) is 10.6. The van der Waals surface area contributed by atoms with Crippen molar-refractivity contribution in [3.8, 4) is 0 Å². The number of hydrogen-bond acceptors (Lipinski definition) is 2. The second-order valence-electron chi connectivity index (χ2n) is 3.55. The van der Waals surface area contributed by atoms with Gasteiger partial charge in [0.1, 0.15) is 5.82 Å². The van der Waals surface area contributed by atoms with Gasteiger partial charge in [0.2, 0.25) is 0 Å². The van der Waals surface area contributed by atoms with Crippen LogP contribution in [-0.2, 0) is 11.2 Å². The van der Waals surface area contributed by atoms with Gasteiger partial charge in [-0.3, -0.25) is 4.79 Å². The van der Waals surface area contributed by atoms with E-state index in [9.17, 15) is 9.18 Å². The Bertz CT molecular complexity index is 354. The molecule has 80 valence electrons. The number of ketones is 1. The first-order valence-corrected chi connectivity index (χ1v) is 4.70. The minimum absolute atomic E-state index is 0.00954. The predicted molar refractivity (Wildman–Crippen MR) is 57.9 cm³/mol. The van der Waals surface area contributed by atoms with E-state index in [-0.39, 0.29) is 11.6 Å². The molecule has 2 nitrogen and oxygen atoms in total. The number of carbonyl (C=O) groups is 1. The van der Waals surface area contributed by atoms with Crippen molar-refractivity contribution >= 4 is 5.78 Å². The largest absolute Gasteiger partial charge is 0.383 e. The highest BCUT2D eigenvalue weighted by Crippen LogP contribution is 2.04. The first kappa shape index (κ1) is 11.4. The van der Waals surface area contributed by atoms with Crippen molar-refractivity contribution in [3.63, 3.8) is 0 Å². The van der Waals surface area contributed by atoms with Crippen LogP contribution in [0.1, 0.15) is 5.56 Å². The molecule has 0 N–H and O–H groups in total. The van der Waals surface area contributed by atoms with Crippen molar-refractivity contribution in [2.45, 2.75) is 6.42 Å². The molecule has 0 aliphatic heterocycles. The van der Waals surface area contributed by atoms with Crippen molar-refractivity contribution in [1.29, 1.82) is 0 Å². The van der Waals surface area contributed by atoms with Crippen LogP contribution in [0.2, 0.25) is 0 Å². The minimum Gasteiger partial charge on any atom is -0.383 e. The van der Waals surface area contributed by atoms with Gasteiger partial charge in [-0.05, 0) is 23.8 Å². The number of rotatable bonds is 4. The van der Waals surface area contributed by atoms with E-state index in [0.29, 0.717) is 6.42 Å². The van der Waals surface area contributed by atoms with Crippen molar-refractivity contribution in [3.05, 3.63) is 47.9 Å². The van der Waals surface area contributed by atoms with E-state index in [2.05, 4.69) is 0 Å². The zero-order valence-corrected chi connectivity index (χ0v) is 8.90. The van der Waals surface area contributed by atoms with Gasteiger partial charge < -0.3 is 4.90 Å². The van der Waals surface area contributed by atoms with Crippen LogP contribution in [0.25, 0.3) is 0 Å². The average molecular weight is 207 g/mol. The fraction of sp³-hybridized carbons (Fsp3) is 0.250. The van der Waals surface area contributed by atoms with Crippen LogP contribution in [0, 0.1) is 5.82 Å². The van der Waals surface area contributed by atoms with Gasteiger partial charge in [-0.2, -0.15) is 0 Å². The highest BCUT2D eigenvalue weighted by molar-refractivity contribution is 5.91. The summed E-state index contributed by atoms with van der Waals surface area (Å²) in [5.74, 6) is -0.273. The van der Waals surface area contributed by atoms with Crippen LogP contribution in [0.3, 0.4) is 0 Å². The molecular formula is C12H14FNO. The number of allylic oxidation sites excluding steroid dienone is 1. The van der Waals surface area contributed by atoms with Crippen LogP contribution in [0.4, 0.5) is 4.39 Å². The Morgan fingerprint density at radius 3 is 2.47 bits per heavy atom. The molecule has 15 heavy (non-hydrogen) atoms. The Kier molecular flexibility index (Phi) is 4.03. The van der Waals surface area contributed by atoms with Gasteiger partial charge in [-0.15, -0.1) is 0 Å². The molecule has 0 unspecified atom stereocenters. The van der Waals surface area contributed by atoms with Crippen molar-refractivity contribution in [2.24, 2.45) is 0 Å². The molecule has 3 heteroatoms. The first-order valence-electron chi connectivity index (χ1n) is 4.70. The number of carbonyl (C=O) groups excluding carboxylic acids is 1. The number of nitrogens with zero attached hydrogens (tertiary/aromatic N) is 1. The summed E-state index contributed by atoms with van der Waals surface area (Å²) in [6.07, 6.45) is 3.53. The maximum atomic E-state index is 12.6. The van der Waals surface area contributed by atoms with E-state index < -0.39 is 0 Å². The zero-order chi connectivity index (χ0) is 11.3. The maximum absolute atomic E-state index is 12.6. The van der Waals surface area contributed by atoms with Gasteiger partial charge in [0.25, 0.3) is 0 Å². The molecule has 0 amide bonds. The fourth-order valence-electron chi connectivity index (χ4n) is 1.09. The lowest BCUT2D eigenvalue weighted by Gasteiger charge is -2.02. The maximum Gasteiger partial charge on any atom is 0.161 e. The lowest BCUT2D eigenvalue weighted by molar-refractivity contribution is -0.114. The van der Waals surface area contributed by atoms with E-state index >= 15 is 0 Å². The molecule has 0 bridgehead atoms. The monoisotopic (exact) mass is 207 g/mol. The lowest BCUT2D eigenvalue weighted by Crippen LogP contribution is -2.04. The molecule has 0 aromatic heterocycles. The highest BCUT2D eigenvalue weighted by Gasteiger charge is 1.99.